The van der Waals surface area contributed by atoms with Gasteiger partial charge >= 0.3 is 5.97 Å². The number of benzene rings is 2. The molecule has 4 atom stereocenters. The third-order valence-electron chi connectivity index (χ3n) is 7.37. The molecule has 2 aromatic rings. The molecule has 36 heavy (non-hydrogen) atoms. The number of piperidine rings is 1. The molecule has 0 spiro atoms. The quantitative estimate of drug-likeness (QED) is 0.521. The summed E-state index contributed by atoms with van der Waals surface area (Å²) >= 11 is 0. The summed E-state index contributed by atoms with van der Waals surface area (Å²) in [5.74, 6) is 0.601. The summed E-state index contributed by atoms with van der Waals surface area (Å²) in [4.78, 5) is 15.6. The summed E-state index contributed by atoms with van der Waals surface area (Å²) in [7, 11) is 1.68. The van der Waals surface area contributed by atoms with Crippen molar-refractivity contribution in [3.8, 4) is 11.5 Å². The monoisotopic (exact) mass is 500 g/mol. The number of nitrogens with zero attached hydrogens (tertiary/aromatic N) is 2. The van der Waals surface area contributed by atoms with Crippen LogP contribution in [0.5, 0.6) is 11.5 Å². The van der Waals surface area contributed by atoms with E-state index in [0.29, 0.717) is 44.1 Å². The molecule has 4 rings (SSSR count). The van der Waals surface area contributed by atoms with E-state index >= 15 is 0 Å². The van der Waals surface area contributed by atoms with Crippen molar-refractivity contribution in [1.82, 2.24) is 0 Å². The Hall–Kier alpha value is -3.00. The standard InChI is InChI=1S/C28H37FN2O5/c1-5-35-23-10-11-24(29)25(15-23)30-13-12-26(19(2)17-30)36-22-8-6-20(7-9-22)31-18-28(3,34-4)16-21(31)14-27(32)33/h6-11,15,19,21,26H,5,12-14,16-18H2,1-4H3,(H,32,33)/t19?,21-,26?,28?/m0/s1. The van der Waals surface area contributed by atoms with Gasteiger partial charge in [0.1, 0.15) is 23.4 Å². The normalized spacial score (nSPS) is 26.2. The van der Waals surface area contributed by atoms with Gasteiger partial charge in [0.05, 0.1) is 24.3 Å². The third kappa shape index (κ3) is 5.86. The van der Waals surface area contributed by atoms with Gasteiger partial charge in [-0.1, -0.05) is 6.92 Å². The second kappa shape index (κ2) is 10.9. The van der Waals surface area contributed by atoms with Crippen LogP contribution < -0.4 is 19.3 Å². The molecule has 196 valence electrons. The van der Waals surface area contributed by atoms with Gasteiger partial charge in [0.2, 0.25) is 0 Å². The lowest BCUT2D eigenvalue weighted by molar-refractivity contribution is -0.137. The molecule has 2 aliphatic rings. The number of carboxylic acid groups (broad SMARTS) is 1. The van der Waals surface area contributed by atoms with Crippen LogP contribution in [0.15, 0.2) is 42.5 Å². The van der Waals surface area contributed by atoms with Crippen LogP contribution in [0.4, 0.5) is 15.8 Å². The topological polar surface area (TPSA) is 71.5 Å². The molecule has 1 N–H and O–H groups in total. The fraction of sp³-hybridized carbons (Fsp3) is 0.536. The molecule has 2 saturated heterocycles. The number of hydrogen-bond donors (Lipinski definition) is 1. The van der Waals surface area contributed by atoms with E-state index in [9.17, 15) is 14.3 Å². The second-order valence-corrected chi connectivity index (χ2v) is 10.1. The number of carboxylic acids is 1. The Kier molecular flexibility index (Phi) is 7.93. The van der Waals surface area contributed by atoms with E-state index < -0.39 is 5.97 Å². The lowest BCUT2D eigenvalue weighted by Gasteiger charge is -2.38. The molecular weight excluding hydrogens is 463 g/mol. The van der Waals surface area contributed by atoms with Gasteiger partial charge in [-0.15, -0.1) is 0 Å². The Morgan fingerprint density at radius 1 is 1.19 bits per heavy atom. The van der Waals surface area contributed by atoms with Gasteiger partial charge in [-0.2, -0.15) is 0 Å². The highest BCUT2D eigenvalue weighted by molar-refractivity contribution is 5.69. The molecular formula is C28H37FN2O5. The minimum atomic E-state index is -0.810. The van der Waals surface area contributed by atoms with Crippen LogP contribution in [0, 0.1) is 11.7 Å². The maximum Gasteiger partial charge on any atom is 0.305 e. The SMILES string of the molecule is CCOc1ccc(F)c(N2CCC(Oc3ccc(N4CC(C)(OC)C[C@@H]4CC(=O)O)cc3)C(C)C2)c1. The van der Waals surface area contributed by atoms with Crippen LogP contribution in [0.2, 0.25) is 0 Å². The van der Waals surface area contributed by atoms with E-state index in [1.807, 2.05) is 38.1 Å². The molecule has 3 unspecified atom stereocenters. The van der Waals surface area contributed by atoms with E-state index in [-0.39, 0.29) is 35.9 Å². The summed E-state index contributed by atoms with van der Waals surface area (Å²) in [5.41, 5.74) is 1.16. The smallest absolute Gasteiger partial charge is 0.305 e. The van der Waals surface area contributed by atoms with Crippen molar-refractivity contribution < 1.29 is 28.5 Å². The minimum absolute atomic E-state index is 0.0218. The molecule has 8 heteroatoms. The van der Waals surface area contributed by atoms with Gasteiger partial charge in [0.15, 0.2) is 0 Å². The number of rotatable bonds is 9. The van der Waals surface area contributed by atoms with Gasteiger partial charge in [-0.3, -0.25) is 4.79 Å². The van der Waals surface area contributed by atoms with Gasteiger partial charge < -0.3 is 29.1 Å². The first kappa shape index (κ1) is 26.1. The van der Waals surface area contributed by atoms with E-state index in [4.69, 9.17) is 14.2 Å². The zero-order valence-corrected chi connectivity index (χ0v) is 21.6. The molecule has 0 bridgehead atoms. The summed E-state index contributed by atoms with van der Waals surface area (Å²) < 4.78 is 32.1. The summed E-state index contributed by atoms with van der Waals surface area (Å²) in [6, 6.07) is 12.6. The van der Waals surface area contributed by atoms with Crippen LogP contribution >= 0.6 is 0 Å². The van der Waals surface area contributed by atoms with Crippen molar-refractivity contribution in [3.05, 3.63) is 48.3 Å². The molecule has 2 aromatic carbocycles. The lowest BCUT2D eigenvalue weighted by Crippen LogP contribution is -2.44. The largest absolute Gasteiger partial charge is 0.494 e. The Balaban J connectivity index is 1.39. The van der Waals surface area contributed by atoms with Crippen molar-refractivity contribution in [2.75, 3.05) is 43.2 Å². The van der Waals surface area contributed by atoms with Crippen molar-refractivity contribution in [2.45, 2.75) is 57.8 Å². The average Bonchev–Trinajstić information content (AvgIpc) is 3.18. The van der Waals surface area contributed by atoms with Crippen molar-refractivity contribution >= 4 is 17.3 Å². The van der Waals surface area contributed by atoms with Gasteiger partial charge in [-0.05, 0) is 56.7 Å². The van der Waals surface area contributed by atoms with E-state index in [0.717, 1.165) is 17.9 Å². The molecule has 2 aliphatic heterocycles. The Bertz CT molecular complexity index is 1050. The Morgan fingerprint density at radius 2 is 1.92 bits per heavy atom. The molecule has 2 fully saturated rings. The number of aliphatic carboxylic acids is 1. The first-order chi connectivity index (χ1) is 17.2. The van der Waals surface area contributed by atoms with E-state index in [1.54, 1.807) is 19.2 Å². The summed E-state index contributed by atoms with van der Waals surface area (Å²) in [5, 5.41) is 9.36. The molecule has 7 nitrogen and oxygen atoms in total. The van der Waals surface area contributed by atoms with E-state index in [2.05, 4.69) is 16.7 Å². The van der Waals surface area contributed by atoms with Crippen molar-refractivity contribution in [2.24, 2.45) is 5.92 Å². The number of ether oxygens (including phenoxy) is 3. The van der Waals surface area contributed by atoms with Gasteiger partial charge in [0, 0.05) is 56.9 Å². The fourth-order valence-corrected chi connectivity index (χ4v) is 5.40. The second-order valence-electron chi connectivity index (χ2n) is 10.1. The number of hydrogen-bond acceptors (Lipinski definition) is 6. The van der Waals surface area contributed by atoms with Crippen LogP contribution in [0.25, 0.3) is 0 Å². The Labute approximate surface area is 212 Å². The molecule has 0 aliphatic carbocycles. The summed E-state index contributed by atoms with van der Waals surface area (Å²) in [6.07, 6.45) is 1.54. The number of halogens is 1. The van der Waals surface area contributed by atoms with E-state index in [1.165, 1.54) is 6.07 Å². The van der Waals surface area contributed by atoms with Crippen LogP contribution in [-0.4, -0.2) is 62.2 Å². The predicted octanol–water partition coefficient (Wildman–Crippen LogP) is 4.98. The molecule has 0 amide bonds. The van der Waals surface area contributed by atoms with Crippen LogP contribution in [0.3, 0.4) is 0 Å². The molecule has 2 heterocycles. The molecule has 0 saturated carbocycles. The molecule has 0 aromatic heterocycles. The number of methoxy groups -OCH3 is 1. The fourth-order valence-electron chi connectivity index (χ4n) is 5.40. The van der Waals surface area contributed by atoms with Crippen molar-refractivity contribution in [1.29, 1.82) is 0 Å². The highest BCUT2D eigenvalue weighted by Crippen LogP contribution is 2.36. The third-order valence-corrected chi connectivity index (χ3v) is 7.37. The Morgan fingerprint density at radius 3 is 2.56 bits per heavy atom. The van der Waals surface area contributed by atoms with Crippen LogP contribution in [0.1, 0.15) is 40.0 Å². The minimum Gasteiger partial charge on any atom is -0.494 e. The highest BCUT2D eigenvalue weighted by Gasteiger charge is 2.42. The first-order valence-electron chi connectivity index (χ1n) is 12.7. The lowest BCUT2D eigenvalue weighted by atomic mass is 9.95. The predicted molar refractivity (Wildman–Crippen MR) is 138 cm³/mol. The summed E-state index contributed by atoms with van der Waals surface area (Å²) in [6.45, 7) is 8.62. The maximum atomic E-state index is 14.5. The highest BCUT2D eigenvalue weighted by atomic mass is 19.1. The van der Waals surface area contributed by atoms with Gasteiger partial charge in [-0.25, -0.2) is 4.39 Å². The maximum absolute atomic E-state index is 14.5. The molecule has 0 radical (unpaired) electrons. The number of carbonyl (C=O) groups is 1. The zero-order valence-electron chi connectivity index (χ0n) is 21.6. The average molecular weight is 501 g/mol. The van der Waals surface area contributed by atoms with Crippen LogP contribution in [-0.2, 0) is 9.53 Å². The van der Waals surface area contributed by atoms with Gasteiger partial charge in [0.25, 0.3) is 0 Å². The zero-order chi connectivity index (χ0) is 25.9. The van der Waals surface area contributed by atoms with Crippen molar-refractivity contribution in [3.63, 3.8) is 0 Å². The first-order valence-corrected chi connectivity index (χ1v) is 12.7. The number of anilines is 2.